The van der Waals surface area contributed by atoms with Crippen molar-refractivity contribution in [2.75, 3.05) is 25.1 Å². The Kier molecular flexibility index (Phi) is 4.10. The van der Waals surface area contributed by atoms with Gasteiger partial charge in [0.1, 0.15) is 6.61 Å². The maximum atomic E-state index is 12.1. The Balaban J connectivity index is 1.38. The van der Waals surface area contributed by atoms with Crippen LogP contribution in [-0.2, 0) is 22.5 Å². The van der Waals surface area contributed by atoms with E-state index in [4.69, 9.17) is 4.74 Å². The highest BCUT2D eigenvalue weighted by atomic mass is 16.5. The Morgan fingerprint density at radius 2 is 1.79 bits per heavy atom. The van der Waals surface area contributed by atoms with Crippen LogP contribution in [0.15, 0.2) is 54.6 Å². The van der Waals surface area contributed by atoms with Gasteiger partial charge in [-0.1, -0.05) is 42.5 Å². The SMILES string of the molecule is O=C1Nc2ccc(Cc3ccc(CN4CCOCC4=O)cc3)c3cccc1c23. The van der Waals surface area contributed by atoms with Gasteiger partial charge in [0, 0.05) is 29.7 Å². The van der Waals surface area contributed by atoms with Gasteiger partial charge in [-0.3, -0.25) is 9.59 Å². The minimum atomic E-state index is -0.0280. The second kappa shape index (κ2) is 6.77. The lowest BCUT2D eigenvalue weighted by Gasteiger charge is -2.26. The molecule has 0 saturated carbocycles. The molecule has 2 aliphatic heterocycles. The molecule has 2 amide bonds. The van der Waals surface area contributed by atoms with Crippen LogP contribution >= 0.6 is 0 Å². The van der Waals surface area contributed by atoms with Crippen LogP contribution < -0.4 is 5.32 Å². The Morgan fingerprint density at radius 1 is 0.964 bits per heavy atom. The number of hydrogen-bond acceptors (Lipinski definition) is 3. The Bertz CT molecular complexity index is 1090. The van der Waals surface area contributed by atoms with Crippen molar-refractivity contribution in [1.82, 2.24) is 4.90 Å². The van der Waals surface area contributed by atoms with Gasteiger partial charge in [0.05, 0.1) is 6.61 Å². The molecule has 0 atom stereocenters. The Morgan fingerprint density at radius 3 is 2.61 bits per heavy atom. The molecule has 28 heavy (non-hydrogen) atoms. The minimum absolute atomic E-state index is 0.0280. The zero-order chi connectivity index (χ0) is 19.1. The molecule has 5 heteroatoms. The van der Waals surface area contributed by atoms with Crippen LogP contribution in [0.3, 0.4) is 0 Å². The van der Waals surface area contributed by atoms with Gasteiger partial charge >= 0.3 is 0 Å². The summed E-state index contributed by atoms with van der Waals surface area (Å²) in [4.78, 5) is 25.8. The Labute approximate surface area is 162 Å². The maximum Gasteiger partial charge on any atom is 0.256 e. The van der Waals surface area contributed by atoms with Gasteiger partial charge in [0.25, 0.3) is 5.91 Å². The van der Waals surface area contributed by atoms with Crippen molar-refractivity contribution < 1.29 is 14.3 Å². The van der Waals surface area contributed by atoms with Crippen LogP contribution in [0.5, 0.6) is 0 Å². The molecular weight excluding hydrogens is 352 g/mol. The van der Waals surface area contributed by atoms with E-state index >= 15 is 0 Å². The van der Waals surface area contributed by atoms with Gasteiger partial charge in [0.15, 0.2) is 0 Å². The second-order valence-corrected chi connectivity index (χ2v) is 7.32. The molecular formula is C23H20N2O3. The van der Waals surface area contributed by atoms with Crippen molar-refractivity contribution in [1.29, 1.82) is 0 Å². The molecule has 1 saturated heterocycles. The molecule has 0 unspecified atom stereocenters. The van der Waals surface area contributed by atoms with Crippen LogP contribution in [-0.4, -0.2) is 36.5 Å². The fraction of sp³-hybridized carbons (Fsp3) is 0.217. The summed E-state index contributed by atoms with van der Waals surface area (Å²) < 4.78 is 5.18. The number of amides is 2. The summed E-state index contributed by atoms with van der Waals surface area (Å²) in [5.74, 6) is 0.0196. The lowest BCUT2D eigenvalue weighted by atomic mass is 9.95. The van der Waals surface area contributed by atoms with E-state index in [2.05, 4.69) is 41.7 Å². The van der Waals surface area contributed by atoms with Crippen molar-refractivity contribution in [3.63, 3.8) is 0 Å². The largest absolute Gasteiger partial charge is 0.370 e. The molecule has 2 heterocycles. The number of benzene rings is 3. The number of morpholine rings is 1. The standard InChI is InChI=1S/C23H20N2O3/c26-21-14-28-11-10-25(21)13-16-6-4-15(5-7-16)12-17-8-9-20-22-18(17)2-1-3-19(22)23(27)24-20/h1-9H,10-14H2,(H,24,27). The van der Waals surface area contributed by atoms with Crippen molar-refractivity contribution in [3.8, 4) is 0 Å². The molecule has 5 rings (SSSR count). The molecule has 0 radical (unpaired) electrons. The first kappa shape index (κ1) is 17.0. The predicted octanol–water partition coefficient (Wildman–Crippen LogP) is 3.36. The summed E-state index contributed by atoms with van der Waals surface area (Å²) in [6.45, 7) is 2.05. The fourth-order valence-corrected chi connectivity index (χ4v) is 4.02. The first-order chi connectivity index (χ1) is 13.7. The average Bonchev–Trinajstić information content (AvgIpc) is 3.04. The average molecular weight is 372 g/mol. The van der Waals surface area contributed by atoms with Crippen molar-refractivity contribution in [3.05, 3.63) is 76.9 Å². The molecule has 3 aromatic rings. The van der Waals surface area contributed by atoms with E-state index in [0.717, 1.165) is 34.0 Å². The van der Waals surface area contributed by atoms with Crippen LogP contribution in [0.4, 0.5) is 5.69 Å². The summed E-state index contributed by atoms with van der Waals surface area (Å²) >= 11 is 0. The monoisotopic (exact) mass is 372 g/mol. The van der Waals surface area contributed by atoms with E-state index < -0.39 is 0 Å². The number of carbonyl (C=O) groups is 2. The first-order valence-electron chi connectivity index (χ1n) is 9.48. The van der Waals surface area contributed by atoms with E-state index in [1.165, 1.54) is 11.1 Å². The molecule has 3 aromatic carbocycles. The van der Waals surface area contributed by atoms with Gasteiger partial charge in [-0.25, -0.2) is 0 Å². The predicted molar refractivity (Wildman–Crippen MR) is 107 cm³/mol. The second-order valence-electron chi connectivity index (χ2n) is 7.32. The lowest BCUT2D eigenvalue weighted by molar-refractivity contribution is -0.143. The van der Waals surface area contributed by atoms with Crippen LogP contribution in [0, 0.1) is 0 Å². The summed E-state index contributed by atoms with van der Waals surface area (Å²) in [6, 6.07) is 18.4. The van der Waals surface area contributed by atoms with Crippen LogP contribution in [0.1, 0.15) is 27.0 Å². The maximum absolute atomic E-state index is 12.1. The number of ether oxygens (including phenoxy) is 1. The van der Waals surface area contributed by atoms with Gasteiger partial charge in [-0.2, -0.15) is 0 Å². The number of hydrogen-bond donors (Lipinski definition) is 1. The zero-order valence-corrected chi connectivity index (χ0v) is 15.4. The first-order valence-corrected chi connectivity index (χ1v) is 9.48. The molecule has 1 fully saturated rings. The van der Waals surface area contributed by atoms with Crippen molar-refractivity contribution >= 4 is 28.3 Å². The molecule has 0 aromatic heterocycles. The van der Waals surface area contributed by atoms with E-state index in [1.54, 1.807) is 0 Å². The van der Waals surface area contributed by atoms with E-state index in [0.29, 0.717) is 19.7 Å². The highest BCUT2D eigenvalue weighted by Crippen LogP contribution is 2.35. The smallest absolute Gasteiger partial charge is 0.256 e. The van der Waals surface area contributed by atoms with Gasteiger partial charge < -0.3 is 15.0 Å². The molecule has 140 valence electrons. The van der Waals surface area contributed by atoms with Gasteiger partial charge in [-0.15, -0.1) is 0 Å². The minimum Gasteiger partial charge on any atom is -0.370 e. The number of carbonyl (C=O) groups excluding carboxylic acids is 2. The normalized spacial score (nSPS) is 15.9. The highest BCUT2D eigenvalue weighted by molar-refractivity contribution is 6.24. The van der Waals surface area contributed by atoms with Gasteiger partial charge in [-0.05, 0) is 40.6 Å². The topological polar surface area (TPSA) is 58.6 Å². The van der Waals surface area contributed by atoms with E-state index in [-0.39, 0.29) is 18.4 Å². The lowest BCUT2D eigenvalue weighted by Crippen LogP contribution is -2.40. The third kappa shape index (κ3) is 2.94. The Hall–Kier alpha value is -3.18. The molecule has 5 nitrogen and oxygen atoms in total. The summed E-state index contributed by atoms with van der Waals surface area (Å²) in [6.07, 6.45) is 0.797. The fourth-order valence-electron chi connectivity index (χ4n) is 4.02. The number of nitrogens with zero attached hydrogens (tertiary/aromatic N) is 1. The summed E-state index contributed by atoms with van der Waals surface area (Å²) in [5.41, 5.74) is 5.17. The zero-order valence-electron chi connectivity index (χ0n) is 15.4. The van der Waals surface area contributed by atoms with Crippen molar-refractivity contribution in [2.45, 2.75) is 13.0 Å². The van der Waals surface area contributed by atoms with Crippen LogP contribution in [0.2, 0.25) is 0 Å². The van der Waals surface area contributed by atoms with E-state index in [9.17, 15) is 9.59 Å². The van der Waals surface area contributed by atoms with Gasteiger partial charge in [0.2, 0.25) is 5.91 Å². The molecule has 0 spiro atoms. The number of nitrogens with one attached hydrogen (secondary N) is 1. The summed E-state index contributed by atoms with van der Waals surface area (Å²) in [5, 5.41) is 5.07. The molecule has 1 N–H and O–H groups in total. The van der Waals surface area contributed by atoms with Crippen molar-refractivity contribution in [2.24, 2.45) is 0 Å². The van der Waals surface area contributed by atoms with E-state index in [1.807, 2.05) is 23.1 Å². The molecule has 2 aliphatic rings. The van der Waals surface area contributed by atoms with Crippen LogP contribution in [0.25, 0.3) is 10.8 Å². The quantitative estimate of drug-likeness (QED) is 0.764. The highest BCUT2D eigenvalue weighted by Gasteiger charge is 2.22. The molecule has 0 aliphatic carbocycles. The number of rotatable bonds is 4. The molecule has 0 bridgehead atoms. The number of anilines is 1. The third-order valence-corrected chi connectivity index (χ3v) is 5.50. The summed E-state index contributed by atoms with van der Waals surface area (Å²) in [7, 11) is 0. The third-order valence-electron chi connectivity index (χ3n) is 5.50.